The Hall–Kier alpha value is 0.320. The van der Waals surface area contributed by atoms with E-state index >= 15 is 0 Å². The lowest BCUT2D eigenvalue weighted by atomic mass is 10.4. The molecule has 3 N–H and O–H groups in total. The maximum atomic E-state index is 8.96. The molecule has 3 unspecified atom stereocenters. The van der Waals surface area contributed by atoms with E-state index < -0.39 is 18.7 Å². The number of aliphatic hydroxyl groups is 3. The van der Waals surface area contributed by atoms with E-state index in [1.807, 2.05) is 0 Å². The lowest BCUT2D eigenvalue weighted by molar-refractivity contribution is -0.159. The van der Waals surface area contributed by atoms with Gasteiger partial charge in [-0.1, -0.05) is 0 Å². The van der Waals surface area contributed by atoms with Gasteiger partial charge in [-0.2, -0.15) is 0 Å². The second kappa shape index (κ2) is 5.91. The molecular weight excluding hydrogens is 214 g/mol. The first-order valence-corrected chi connectivity index (χ1v) is 3.28. The third-order valence-corrected chi connectivity index (χ3v) is 1.29. The van der Waals surface area contributed by atoms with Crippen LogP contribution in [0.3, 0.4) is 0 Å². The quantitative estimate of drug-likeness (QED) is 0.591. The van der Waals surface area contributed by atoms with Crippen LogP contribution in [-0.4, -0.2) is 38.9 Å². The van der Waals surface area contributed by atoms with Gasteiger partial charge in [-0.25, -0.2) is 4.90 Å². The monoisotopic (exact) mass is 229 g/mol. The minimum Gasteiger partial charge on any atom is -0.379 e. The summed E-state index contributed by atoms with van der Waals surface area (Å²) in [6, 6.07) is 0. The number of nitrogens with zero attached hydrogens (tertiary/aromatic N) is 1. The summed E-state index contributed by atoms with van der Waals surface area (Å²) >= 11 is 0. The molecule has 0 radical (unpaired) electrons. The van der Waals surface area contributed by atoms with Crippen molar-refractivity contribution < 1.29 is 15.3 Å². The standard InChI is InChI=1S/C6H15NO3.BrH/c1-4(8)7(5(2)9)6(3)10;/h4-6,8-10H,1-3H3;1H. The van der Waals surface area contributed by atoms with Crippen molar-refractivity contribution in [1.29, 1.82) is 0 Å². The molecule has 0 saturated carbocycles. The Balaban J connectivity index is 0. The predicted octanol–water partition coefficient (Wildman–Crippen LogP) is -0.119. The Labute approximate surface area is 77.2 Å². The zero-order valence-corrected chi connectivity index (χ0v) is 8.64. The minimum atomic E-state index is -0.833. The van der Waals surface area contributed by atoms with Gasteiger partial charge in [-0.3, -0.25) is 0 Å². The highest BCUT2D eigenvalue weighted by atomic mass is 79.9. The molecule has 0 heterocycles. The van der Waals surface area contributed by atoms with E-state index in [2.05, 4.69) is 0 Å². The number of hydrogen-bond donors (Lipinski definition) is 3. The van der Waals surface area contributed by atoms with Crippen LogP contribution in [0.1, 0.15) is 20.8 Å². The van der Waals surface area contributed by atoms with Crippen molar-refractivity contribution in [2.24, 2.45) is 0 Å². The Morgan fingerprint density at radius 2 is 1.00 bits per heavy atom. The highest BCUT2D eigenvalue weighted by molar-refractivity contribution is 8.93. The van der Waals surface area contributed by atoms with Crippen molar-refractivity contribution in [3.8, 4) is 0 Å². The summed E-state index contributed by atoms with van der Waals surface area (Å²) in [4.78, 5) is 1.17. The zero-order valence-electron chi connectivity index (χ0n) is 6.93. The molecule has 0 aromatic heterocycles. The summed E-state index contributed by atoms with van der Waals surface area (Å²) < 4.78 is 0. The zero-order chi connectivity index (χ0) is 8.31. The van der Waals surface area contributed by atoms with Gasteiger partial charge in [0.1, 0.15) is 18.7 Å². The van der Waals surface area contributed by atoms with Crippen molar-refractivity contribution in [3.05, 3.63) is 0 Å². The largest absolute Gasteiger partial charge is 0.379 e. The first kappa shape index (κ1) is 13.9. The van der Waals surface area contributed by atoms with Gasteiger partial charge in [0.05, 0.1) is 0 Å². The average molecular weight is 230 g/mol. The van der Waals surface area contributed by atoms with E-state index in [0.717, 1.165) is 0 Å². The van der Waals surface area contributed by atoms with Crippen molar-refractivity contribution >= 4 is 17.0 Å². The number of hydrogen-bond acceptors (Lipinski definition) is 4. The molecule has 3 atom stereocenters. The highest BCUT2D eigenvalue weighted by Gasteiger charge is 2.19. The molecule has 0 rings (SSSR count). The molecule has 0 bridgehead atoms. The van der Waals surface area contributed by atoms with Gasteiger partial charge in [0, 0.05) is 0 Å². The Kier molecular flexibility index (Phi) is 7.45. The Morgan fingerprint density at radius 1 is 0.818 bits per heavy atom. The molecule has 0 aliphatic rings. The van der Waals surface area contributed by atoms with Crippen molar-refractivity contribution in [3.63, 3.8) is 0 Å². The molecule has 4 nitrogen and oxygen atoms in total. The minimum absolute atomic E-state index is 0. The molecule has 0 aliphatic heterocycles. The molecule has 0 aromatic rings. The molecule has 0 amide bonds. The fraction of sp³-hybridized carbons (Fsp3) is 1.00. The van der Waals surface area contributed by atoms with E-state index in [1.165, 1.54) is 25.7 Å². The van der Waals surface area contributed by atoms with Crippen LogP contribution in [0.25, 0.3) is 0 Å². The first-order chi connectivity index (χ1) is 4.46. The van der Waals surface area contributed by atoms with Crippen LogP contribution < -0.4 is 0 Å². The van der Waals surface area contributed by atoms with Crippen LogP contribution in [0.4, 0.5) is 0 Å². The number of aliphatic hydroxyl groups excluding tert-OH is 3. The second-order valence-corrected chi connectivity index (χ2v) is 2.34. The van der Waals surface area contributed by atoms with Crippen LogP contribution in [0.2, 0.25) is 0 Å². The summed E-state index contributed by atoms with van der Waals surface area (Å²) in [7, 11) is 0. The lowest BCUT2D eigenvalue weighted by Gasteiger charge is -2.30. The molecule has 0 fully saturated rings. The van der Waals surface area contributed by atoms with Crippen LogP contribution >= 0.6 is 17.0 Å². The summed E-state index contributed by atoms with van der Waals surface area (Å²) in [6.07, 6.45) is -2.50. The maximum Gasteiger partial charge on any atom is 0.108 e. The van der Waals surface area contributed by atoms with Crippen molar-refractivity contribution in [2.75, 3.05) is 0 Å². The molecule has 0 aromatic carbocycles. The third kappa shape index (κ3) is 4.71. The van der Waals surface area contributed by atoms with E-state index in [9.17, 15) is 0 Å². The molecule has 70 valence electrons. The van der Waals surface area contributed by atoms with Gasteiger partial charge in [0.2, 0.25) is 0 Å². The molecule has 11 heavy (non-hydrogen) atoms. The molecule has 0 spiro atoms. The van der Waals surface area contributed by atoms with Gasteiger partial charge in [0.25, 0.3) is 0 Å². The molecule has 5 heteroatoms. The van der Waals surface area contributed by atoms with E-state index in [1.54, 1.807) is 0 Å². The van der Waals surface area contributed by atoms with Gasteiger partial charge in [-0.15, -0.1) is 17.0 Å². The van der Waals surface area contributed by atoms with E-state index in [-0.39, 0.29) is 17.0 Å². The van der Waals surface area contributed by atoms with Crippen LogP contribution in [0.15, 0.2) is 0 Å². The normalized spacial score (nSPS) is 18.8. The lowest BCUT2D eigenvalue weighted by Crippen LogP contribution is -2.45. The number of halogens is 1. The fourth-order valence-electron chi connectivity index (χ4n) is 0.937. The van der Waals surface area contributed by atoms with Gasteiger partial charge >= 0.3 is 0 Å². The van der Waals surface area contributed by atoms with Crippen molar-refractivity contribution in [2.45, 2.75) is 39.5 Å². The van der Waals surface area contributed by atoms with Crippen LogP contribution in [0, 0.1) is 0 Å². The smallest absolute Gasteiger partial charge is 0.108 e. The van der Waals surface area contributed by atoms with Gasteiger partial charge < -0.3 is 15.3 Å². The molecule has 0 aliphatic carbocycles. The Bertz CT molecular complexity index is 78.8. The first-order valence-electron chi connectivity index (χ1n) is 3.28. The highest BCUT2D eigenvalue weighted by Crippen LogP contribution is 2.04. The topological polar surface area (TPSA) is 63.9 Å². The maximum absolute atomic E-state index is 8.96. The van der Waals surface area contributed by atoms with Crippen LogP contribution in [-0.2, 0) is 0 Å². The van der Waals surface area contributed by atoms with E-state index in [4.69, 9.17) is 15.3 Å². The average Bonchev–Trinajstić information content (AvgIpc) is 1.59. The Morgan fingerprint density at radius 3 is 1.00 bits per heavy atom. The summed E-state index contributed by atoms with van der Waals surface area (Å²) in [5, 5.41) is 26.9. The summed E-state index contributed by atoms with van der Waals surface area (Å²) in [5.41, 5.74) is 0. The van der Waals surface area contributed by atoms with Gasteiger partial charge in [-0.05, 0) is 20.8 Å². The fourth-order valence-corrected chi connectivity index (χ4v) is 0.937. The van der Waals surface area contributed by atoms with Crippen molar-refractivity contribution in [1.82, 2.24) is 4.90 Å². The SMILES string of the molecule is Br.CC(O)N(C(C)O)C(C)O. The predicted molar refractivity (Wildman–Crippen MR) is 47.2 cm³/mol. The van der Waals surface area contributed by atoms with Crippen LogP contribution in [0.5, 0.6) is 0 Å². The van der Waals surface area contributed by atoms with Gasteiger partial charge in [0.15, 0.2) is 0 Å². The summed E-state index contributed by atoms with van der Waals surface area (Å²) in [6.45, 7) is 4.46. The molecular formula is C6H16BrNO3. The van der Waals surface area contributed by atoms with E-state index in [0.29, 0.717) is 0 Å². The second-order valence-electron chi connectivity index (χ2n) is 2.34. The molecule has 0 saturated heterocycles. The number of rotatable bonds is 3. The third-order valence-electron chi connectivity index (χ3n) is 1.29. The summed E-state index contributed by atoms with van der Waals surface area (Å²) in [5.74, 6) is 0.